The highest BCUT2D eigenvalue weighted by Gasteiger charge is 2.34. The molecule has 216 valence electrons. The molecule has 0 saturated heterocycles. The number of carbonyl (C=O) groups is 1. The van der Waals surface area contributed by atoms with Gasteiger partial charge in [0, 0.05) is 26.1 Å². The molecule has 4 aromatic rings. The van der Waals surface area contributed by atoms with Gasteiger partial charge in [-0.3, -0.25) is 14.2 Å². The number of ether oxygens (including phenoxy) is 1. The topological polar surface area (TPSA) is 67.7 Å². The van der Waals surface area contributed by atoms with Crippen molar-refractivity contribution in [3.8, 4) is 11.4 Å². The summed E-state index contributed by atoms with van der Waals surface area (Å²) in [4.78, 5) is 35.0. The summed E-state index contributed by atoms with van der Waals surface area (Å²) < 4.78 is 59.8. The standard InChI is InChI=1S/C30H30F4N4O3/c1-36(2)16-17-37(28(39)19-20-8-13-24(25(31)18-20)30(32,33)34)15-14-27-35-26-7-5-4-6-23(26)29(40)38(27)21-9-11-22(41-3)12-10-21/h4-13,18H,14-17,19H2,1-3H3. The Morgan fingerprint density at radius 1 is 0.976 bits per heavy atom. The highest BCUT2D eigenvalue weighted by atomic mass is 19.4. The fourth-order valence-electron chi connectivity index (χ4n) is 4.45. The number of hydrogen-bond acceptors (Lipinski definition) is 5. The second-order valence-electron chi connectivity index (χ2n) is 9.81. The average Bonchev–Trinajstić information content (AvgIpc) is 2.92. The van der Waals surface area contributed by atoms with Gasteiger partial charge in [0.05, 0.1) is 35.7 Å². The number of methoxy groups -OCH3 is 1. The summed E-state index contributed by atoms with van der Waals surface area (Å²) in [6, 6.07) is 16.4. The van der Waals surface area contributed by atoms with Gasteiger partial charge in [0.15, 0.2) is 0 Å². The van der Waals surface area contributed by atoms with Gasteiger partial charge in [0.1, 0.15) is 17.4 Å². The summed E-state index contributed by atoms with van der Waals surface area (Å²) in [7, 11) is 5.24. The van der Waals surface area contributed by atoms with Crippen LogP contribution in [0.15, 0.2) is 71.5 Å². The molecule has 4 rings (SSSR count). The van der Waals surface area contributed by atoms with Gasteiger partial charge in [-0.25, -0.2) is 9.37 Å². The highest BCUT2D eigenvalue weighted by Crippen LogP contribution is 2.31. The first-order valence-corrected chi connectivity index (χ1v) is 12.9. The van der Waals surface area contributed by atoms with E-state index in [-0.39, 0.29) is 36.4 Å². The van der Waals surface area contributed by atoms with Crippen molar-refractivity contribution in [2.75, 3.05) is 40.8 Å². The summed E-state index contributed by atoms with van der Waals surface area (Å²) in [6.07, 6.45) is -4.89. The van der Waals surface area contributed by atoms with E-state index in [0.29, 0.717) is 47.3 Å². The summed E-state index contributed by atoms with van der Waals surface area (Å²) >= 11 is 0. The number of aromatic nitrogens is 2. The van der Waals surface area contributed by atoms with Crippen molar-refractivity contribution in [2.45, 2.75) is 19.0 Å². The zero-order valence-corrected chi connectivity index (χ0v) is 22.9. The first-order valence-electron chi connectivity index (χ1n) is 12.9. The van der Waals surface area contributed by atoms with Gasteiger partial charge in [-0.1, -0.05) is 18.2 Å². The van der Waals surface area contributed by atoms with Crippen molar-refractivity contribution in [3.05, 3.63) is 99.9 Å². The second kappa shape index (κ2) is 12.5. The van der Waals surface area contributed by atoms with Gasteiger partial charge in [0.25, 0.3) is 5.56 Å². The van der Waals surface area contributed by atoms with E-state index in [2.05, 4.69) is 0 Å². The number of likely N-dealkylation sites (N-methyl/N-ethyl adjacent to an activating group) is 1. The Bertz CT molecular complexity index is 1580. The number of carbonyl (C=O) groups excluding carboxylic acids is 1. The van der Waals surface area contributed by atoms with Gasteiger partial charge in [-0.15, -0.1) is 0 Å². The van der Waals surface area contributed by atoms with Crippen LogP contribution in [-0.4, -0.2) is 66.1 Å². The molecule has 0 atom stereocenters. The smallest absolute Gasteiger partial charge is 0.419 e. The van der Waals surface area contributed by atoms with Crippen LogP contribution in [0.2, 0.25) is 0 Å². The molecule has 0 spiro atoms. The number of rotatable bonds is 10. The van der Waals surface area contributed by atoms with Crippen LogP contribution in [0.25, 0.3) is 16.6 Å². The molecule has 41 heavy (non-hydrogen) atoms. The van der Waals surface area contributed by atoms with E-state index in [1.807, 2.05) is 19.0 Å². The van der Waals surface area contributed by atoms with Gasteiger partial charge in [0.2, 0.25) is 5.91 Å². The fraction of sp³-hybridized carbons (Fsp3) is 0.300. The lowest BCUT2D eigenvalue weighted by atomic mass is 10.1. The molecule has 7 nitrogen and oxygen atoms in total. The SMILES string of the molecule is COc1ccc(-n2c(CCN(CCN(C)C)C(=O)Cc3ccc(C(F)(F)F)c(F)c3)nc3ccccc3c2=O)cc1. The van der Waals surface area contributed by atoms with E-state index in [1.165, 1.54) is 4.57 Å². The monoisotopic (exact) mass is 570 g/mol. The lowest BCUT2D eigenvalue weighted by Gasteiger charge is -2.25. The predicted molar refractivity (Wildman–Crippen MR) is 148 cm³/mol. The Hall–Kier alpha value is -4.25. The first kappa shape index (κ1) is 29.7. The van der Waals surface area contributed by atoms with Crippen LogP contribution in [-0.2, 0) is 23.8 Å². The van der Waals surface area contributed by atoms with Crippen molar-refractivity contribution in [1.82, 2.24) is 19.4 Å². The van der Waals surface area contributed by atoms with Gasteiger partial charge < -0.3 is 14.5 Å². The van der Waals surface area contributed by atoms with Gasteiger partial charge in [-0.05, 0) is 68.2 Å². The number of para-hydroxylation sites is 1. The molecule has 0 saturated carbocycles. The molecular weight excluding hydrogens is 540 g/mol. The van der Waals surface area contributed by atoms with Crippen LogP contribution in [0.3, 0.4) is 0 Å². The summed E-state index contributed by atoms with van der Waals surface area (Å²) in [6.45, 7) is 1.01. The Morgan fingerprint density at radius 3 is 2.32 bits per heavy atom. The Morgan fingerprint density at radius 2 is 1.68 bits per heavy atom. The predicted octanol–water partition coefficient (Wildman–Crippen LogP) is 4.73. The maximum atomic E-state index is 14.1. The highest BCUT2D eigenvalue weighted by molar-refractivity contribution is 5.79. The second-order valence-corrected chi connectivity index (χ2v) is 9.81. The molecule has 0 aliphatic carbocycles. The van der Waals surface area contributed by atoms with Crippen molar-refractivity contribution in [1.29, 1.82) is 0 Å². The van der Waals surface area contributed by atoms with E-state index in [1.54, 1.807) is 60.5 Å². The molecular formula is C30H30F4N4O3. The van der Waals surface area contributed by atoms with Gasteiger partial charge >= 0.3 is 6.18 Å². The summed E-state index contributed by atoms with van der Waals surface area (Å²) in [5.41, 5.74) is -0.410. The first-order chi connectivity index (χ1) is 19.5. The molecule has 0 aliphatic heterocycles. The number of hydrogen-bond donors (Lipinski definition) is 0. The zero-order chi connectivity index (χ0) is 29.7. The van der Waals surface area contributed by atoms with Crippen LogP contribution in [0.4, 0.5) is 17.6 Å². The maximum Gasteiger partial charge on any atom is 0.419 e. The van der Waals surface area contributed by atoms with E-state index < -0.39 is 17.6 Å². The van der Waals surface area contributed by atoms with E-state index in [4.69, 9.17) is 9.72 Å². The molecule has 0 aliphatic rings. The quantitative estimate of drug-likeness (QED) is 0.258. The number of fused-ring (bicyclic) bond motifs is 1. The normalized spacial score (nSPS) is 11.7. The van der Waals surface area contributed by atoms with Crippen molar-refractivity contribution >= 4 is 16.8 Å². The zero-order valence-electron chi connectivity index (χ0n) is 22.9. The number of nitrogens with zero attached hydrogens (tertiary/aromatic N) is 4. The molecule has 3 aromatic carbocycles. The number of halogens is 4. The third-order valence-corrected chi connectivity index (χ3v) is 6.65. The van der Waals surface area contributed by atoms with E-state index in [0.717, 1.165) is 12.1 Å². The number of benzene rings is 3. The summed E-state index contributed by atoms with van der Waals surface area (Å²) in [5.74, 6) is -0.754. The molecule has 0 radical (unpaired) electrons. The number of alkyl halides is 3. The Labute approximate surface area is 234 Å². The largest absolute Gasteiger partial charge is 0.497 e. The van der Waals surface area contributed by atoms with E-state index in [9.17, 15) is 27.2 Å². The van der Waals surface area contributed by atoms with Gasteiger partial charge in [-0.2, -0.15) is 13.2 Å². The van der Waals surface area contributed by atoms with Crippen LogP contribution >= 0.6 is 0 Å². The summed E-state index contributed by atoms with van der Waals surface area (Å²) in [5, 5.41) is 0.442. The lowest BCUT2D eigenvalue weighted by Crippen LogP contribution is -2.39. The molecule has 11 heteroatoms. The van der Waals surface area contributed by atoms with Crippen LogP contribution in [0, 0.1) is 5.82 Å². The minimum Gasteiger partial charge on any atom is -0.497 e. The van der Waals surface area contributed by atoms with Crippen LogP contribution in [0.5, 0.6) is 5.75 Å². The van der Waals surface area contributed by atoms with Crippen molar-refractivity contribution in [3.63, 3.8) is 0 Å². The minimum absolute atomic E-state index is 0.134. The molecule has 1 aromatic heterocycles. The lowest BCUT2D eigenvalue weighted by molar-refractivity contribution is -0.140. The molecule has 1 heterocycles. The average molecular weight is 571 g/mol. The van der Waals surface area contributed by atoms with Crippen LogP contribution in [0.1, 0.15) is 17.0 Å². The maximum absolute atomic E-state index is 14.1. The molecule has 0 N–H and O–H groups in total. The molecule has 0 fully saturated rings. The Balaban J connectivity index is 1.64. The fourth-order valence-corrected chi connectivity index (χ4v) is 4.45. The number of amides is 1. The van der Waals surface area contributed by atoms with Crippen molar-refractivity contribution < 1.29 is 27.1 Å². The third kappa shape index (κ3) is 7.10. The molecule has 0 bridgehead atoms. The molecule has 0 unspecified atom stereocenters. The third-order valence-electron chi connectivity index (χ3n) is 6.65. The van der Waals surface area contributed by atoms with Crippen LogP contribution < -0.4 is 10.3 Å². The minimum atomic E-state index is -4.82. The Kier molecular flexibility index (Phi) is 9.07. The van der Waals surface area contributed by atoms with Crippen molar-refractivity contribution in [2.24, 2.45) is 0 Å². The molecule has 1 amide bonds. The van der Waals surface area contributed by atoms with E-state index >= 15 is 0 Å².